The van der Waals surface area contributed by atoms with Gasteiger partial charge in [0.15, 0.2) is 0 Å². The molecule has 8 heteroatoms. The Morgan fingerprint density at radius 2 is 1.87 bits per heavy atom. The Bertz CT molecular complexity index is 908. The number of carbonyl (C=O) groups excluding carboxylic acids is 3. The molecule has 0 aliphatic carbocycles. The van der Waals surface area contributed by atoms with Gasteiger partial charge in [-0.25, -0.2) is 0 Å². The Morgan fingerprint density at radius 3 is 2.52 bits per heavy atom. The summed E-state index contributed by atoms with van der Waals surface area (Å²) in [6, 6.07) is 11.2. The molecule has 2 heterocycles. The fraction of sp³-hybridized carbons (Fsp3) is 0.435. The zero-order valence-corrected chi connectivity index (χ0v) is 18.9. The van der Waals surface area contributed by atoms with Crippen molar-refractivity contribution in [2.24, 2.45) is 11.1 Å². The third-order valence-corrected chi connectivity index (χ3v) is 7.07. The fourth-order valence-electron chi connectivity index (χ4n) is 3.86. The van der Waals surface area contributed by atoms with Crippen molar-refractivity contribution in [3.63, 3.8) is 0 Å². The first-order valence-electron chi connectivity index (χ1n) is 10.4. The van der Waals surface area contributed by atoms with Gasteiger partial charge in [-0.15, -0.1) is 11.3 Å². The molecular weight excluding hydrogens is 436 g/mol. The molecule has 1 aliphatic heterocycles. The third kappa shape index (κ3) is 6.15. The van der Waals surface area contributed by atoms with Crippen molar-refractivity contribution in [3.8, 4) is 0 Å². The van der Waals surface area contributed by atoms with Crippen molar-refractivity contribution >= 4 is 40.6 Å². The molecule has 2 N–H and O–H groups in total. The lowest BCUT2D eigenvalue weighted by Gasteiger charge is -2.40. The number of benzene rings is 1. The minimum absolute atomic E-state index is 0.0310. The normalized spacial score (nSPS) is 15.5. The van der Waals surface area contributed by atoms with Crippen LogP contribution in [0.1, 0.15) is 29.7 Å². The van der Waals surface area contributed by atoms with Gasteiger partial charge >= 0.3 is 5.97 Å². The third-order valence-electron chi connectivity index (χ3n) is 5.83. The molecular formula is C23H27ClN2O4S. The molecule has 0 atom stereocenters. The highest BCUT2D eigenvalue weighted by atomic mass is 35.5. The number of halogens is 1. The van der Waals surface area contributed by atoms with Crippen LogP contribution in [0.4, 0.5) is 0 Å². The number of thiophene rings is 1. The monoisotopic (exact) mass is 462 g/mol. The van der Waals surface area contributed by atoms with Crippen LogP contribution in [0, 0.1) is 5.41 Å². The zero-order valence-electron chi connectivity index (χ0n) is 17.3. The minimum atomic E-state index is -0.794. The van der Waals surface area contributed by atoms with Gasteiger partial charge in [-0.05, 0) is 42.3 Å². The maximum absolute atomic E-state index is 13.3. The molecule has 0 unspecified atom stereocenters. The Balaban J connectivity index is 1.66. The van der Waals surface area contributed by atoms with E-state index >= 15 is 0 Å². The van der Waals surface area contributed by atoms with Crippen LogP contribution in [0.2, 0.25) is 5.02 Å². The van der Waals surface area contributed by atoms with Crippen LogP contribution < -0.4 is 5.73 Å². The number of aryl methyl sites for hydroxylation is 1. The van der Waals surface area contributed by atoms with Crippen LogP contribution in [0.3, 0.4) is 0 Å². The number of Topliss-reactive ketones (excluding diaryl/α,β-unsaturated/α-hetero) is 1. The van der Waals surface area contributed by atoms with E-state index in [-0.39, 0.29) is 37.2 Å². The van der Waals surface area contributed by atoms with Crippen LogP contribution in [-0.2, 0) is 32.0 Å². The van der Waals surface area contributed by atoms with E-state index in [1.54, 1.807) is 11.0 Å². The number of hydrogen-bond acceptors (Lipinski definition) is 6. The van der Waals surface area contributed by atoms with E-state index < -0.39 is 5.41 Å². The van der Waals surface area contributed by atoms with Gasteiger partial charge in [0.2, 0.25) is 5.91 Å². The van der Waals surface area contributed by atoms with E-state index in [1.807, 2.05) is 35.7 Å². The maximum Gasteiger partial charge on any atom is 0.311 e. The van der Waals surface area contributed by atoms with Crippen molar-refractivity contribution < 1.29 is 19.1 Å². The summed E-state index contributed by atoms with van der Waals surface area (Å²) in [7, 11) is 0. The van der Waals surface area contributed by atoms with Crippen LogP contribution >= 0.6 is 22.9 Å². The Hall–Kier alpha value is -2.22. The molecule has 1 fully saturated rings. The van der Waals surface area contributed by atoms with Crippen molar-refractivity contribution in [1.29, 1.82) is 0 Å². The molecule has 1 aliphatic rings. The molecule has 1 saturated heterocycles. The number of esters is 1. The lowest BCUT2D eigenvalue weighted by Crippen LogP contribution is -2.50. The predicted octanol–water partition coefficient (Wildman–Crippen LogP) is 3.26. The van der Waals surface area contributed by atoms with Gasteiger partial charge in [-0.1, -0.05) is 35.9 Å². The van der Waals surface area contributed by atoms with E-state index in [0.717, 1.165) is 10.4 Å². The van der Waals surface area contributed by atoms with E-state index in [4.69, 9.17) is 22.1 Å². The van der Waals surface area contributed by atoms with E-state index in [0.29, 0.717) is 43.8 Å². The molecule has 2 aromatic rings. The lowest BCUT2D eigenvalue weighted by molar-refractivity contribution is -0.153. The van der Waals surface area contributed by atoms with E-state index in [9.17, 15) is 14.4 Å². The molecule has 1 amide bonds. The molecule has 0 spiro atoms. The quantitative estimate of drug-likeness (QED) is 0.578. The Labute approximate surface area is 191 Å². The predicted molar refractivity (Wildman–Crippen MR) is 121 cm³/mol. The summed E-state index contributed by atoms with van der Waals surface area (Å²) in [5.74, 6) is -0.441. The topological polar surface area (TPSA) is 89.7 Å². The summed E-state index contributed by atoms with van der Waals surface area (Å²) in [5.41, 5.74) is 5.60. The number of ketones is 1. The van der Waals surface area contributed by atoms with Crippen molar-refractivity contribution in [2.75, 3.05) is 26.2 Å². The van der Waals surface area contributed by atoms with Gasteiger partial charge in [0.25, 0.3) is 0 Å². The van der Waals surface area contributed by atoms with Gasteiger partial charge in [0.1, 0.15) is 12.4 Å². The number of rotatable bonds is 9. The lowest BCUT2D eigenvalue weighted by atomic mass is 9.73. The van der Waals surface area contributed by atoms with Gasteiger partial charge in [-0.3, -0.25) is 14.4 Å². The average molecular weight is 463 g/mol. The van der Waals surface area contributed by atoms with E-state index in [1.165, 1.54) is 11.3 Å². The number of likely N-dealkylation sites (tertiary alicyclic amines) is 1. The average Bonchev–Trinajstić information content (AvgIpc) is 3.29. The maximum atomic E-state index is 13.3. The standard InChI is InChI=1S/C23H27ClN2O4S/c24-19-6-2-1-4-17(19)7-8-20(27)23(9-11-26(12-10-23)21(28)15-25)16-30-22(29)14-18-5-3-13-31-18/h1-6,13H,7-12,14-16,25H2. The van der Waals surface area contributed by atoms with E-state index in [2.05, 4.69) is 0 Å². The van der Waals surface area contributed by atoms with Crippen molar-refractivity contribution in [3.05, 3.63) is 57.2 Å². The van der Waals surface area contributed by atoms with Crippen molar-refractivity contribution in [2.45, 2.75) is 32.1 Å². The first-order chi connectivity index (χ1) is 14.9. The van der Waals surface area contributed by atoms with Gasteiger partial charge in [-0.2, -0.15) is 0 Å². The van der Waals surface area contributed by atoms with Crippen molar-refractivity contribution in [1.82, 2.24) is 4.90 Å². The van der Waals surface area contributed by atoms with Crippen LogP contribution in [0.15, 0.2) is 41.8 Å². The van der Waals surface area contributed by atoms with Crippen LogP contribution in [0.25, 0.3) is 0 Å². The first kappa shape index (κ1) is 23.4. The molecule has 0 saturated carbocycles. The fourth-order valence-corrected chi connectivity index (χ4v) is 4.78. The number of carbonyl (C=O) groups is 3. The largest absolute Gasteiger partial charge is 0.464 e. The molecule has 1 aromatic carbocycles. The number of amides is 1. The second-order valence-corrected chi connectivity index (χ2v) is 9.24. The number of piperidine rings is 1. The van der Waals surface area contributed by atoms with Gasteiger partial charge in [0, 0.05) is 29.4 Å². The SMILES string of the molecule is NCC(=O)N1CCC(COC(=O)Cc2cccs2)(C(=O)CCc2ccccc2Cl)CC1. The molecule has 31 heavy (non-hydrogen) atoms. The van der Waals surface area contributed by atoms with Gasteiger partial charge < -0.3 is 15.4 Å². The zero-order chi connectivity index (χ0) is 22.3. The highest BCUT2D eigenvalue weighted by Crippen LogP contribution is 2.35. The van der Waals surface area contributed by atoms with Gasteiger partial charge in [0.05, 0.1) is 18.4 Å². The summed E-state index contributed by atoms with van der Waals surface area (Å²) < 4.78 is 5.57. The second-order valence-electron chi connectivity index (χ2n) is 7.80. The number of hydrogen-bond donors (Lipinski definition) is 1. The summed E-state index contributed by atoms with van der Waals surface area (Å²) in [6.07, 6.45) is 1.92. The smallest absolute Gasteiger partial charge is 0.311 e. The van der Waals surface area contributed by atoms with Crippen LogP contribution in [-0.4, -0.2) is 48.8 Å². The minimum Gasteiger partial charge on any atom is -0.464 e. The Morgan fingerprint density at radius 1 is 1.13 bits per heavy atom. The molecule has 0 radical (unpaired) electrons. The summed E-state index contributed by atoms with van der Waals surface area (Å²) in [6.45, 7) is 0.832. The summed E-state index contributed by atoms with van der Waals surface area (Å²) >= 11 is 7.73. The first-order valence-corrected chi connectivity index (χ1v) is 11.6. The summed E-state index contributed by atoms with van der Waals surface area (Å²) in [5, 5.41) is 2.54. The Kier molecular flexibility index (Phi) is 8.23. The highest BCUT2D eigenvalue weighted by Gasteiger charge is 2.42. The molecule has 3 rings (SSSR count). The highest BCUT2D eigenvalue weighted by molar-refractivity contribution is 7.10. The number of nitrogens with two attached hydrogens (primary N) is 1. The van der Waals surface area contributed by atoms with Crippen LogP contribution in [0.5, 0.6) is 0 Å². The summed E-state index contributed by atoms with van der Waals surface area (Å²) in [4.78, 5) is 40.2. The molecule has 0 bridgehead atoms. The number of ether oxygens (including phenoxy) is 1. The molecule has 1 aromatic heterocycles. The molecule has 166 valence electrons. The number of nitrogens with zero attached hydrogens (tertiary/aromatic N) is 1. The second kappa shape index (κ2) is 10.9. The molecule has 6 nitrogen and oxygen atoms in total.